The lowest BCUT2D eigenvalue weighted by Gasteiger charge is -2.34. The van der Waals surface area contributed by atoms with Gasteiger partial charge in [-0.05, 0) is 48.7 Å². The number of carbonyl (C=O) groups excluding carboxylic acids is 2. The SMILES string of the molecule is COc1ccc(C(=O)N2C[C@@H](C(=O)NCc3ccccc3)Oc3ccccc32)cc1S(=O)(=O)N1CCCCC1. The third-order valence-electron chi connectivity index (χ3n) is 6.96. The second kappa shape index (κ2) is 11.5. The number of piperidine rings is 1. The summed E-state index contributed by atoms with van der Waals surface area (Å²) in [5, 5.41) is 2.88. The molecular weight excluding hydrogens is 518 g/mol. The van der Waals surface area contributed by atoms with Crippen molar-refractivity contribution in [1.82, 2.24) is 9.62 Å². The molecule has 2 amide bonds. The Morgan fingerprint density at radius 3 is 2.44 bits per heavy atom. The highest BCUT2D eigenvalue weighted by Crippen LogP contribution is 2.35. The summed E-state index contributed by atoms with van der Waals surface area (Å²) < 4.78 is 39.8. The van der Waals surface area contributed by atoms with Crippen LogP contribution in [-0.4, -0.2) is 57.4 Å². The minimum Gasteiger partial charge on any atom is -0.495 e. The van der Waals surface area contributed by atoms with E-state index in [4.69, 9.17) is 9.47 Å². The Kier molecular flexibility index (Phi) is 7.85. The van der Waals surface area contributed by atoms with Crippen molar-refractivity contribution in [1.29, 1.82) is 0 Å². The van der Waals surface area contributed by atoms with Gasteiger partial charge in [0.05, 0.1) is 19.3 Å². The van der Waals surface area contributed by atoms with Gasteiger partial charge in [0.1, 0.15) is 16.4 Å². The first-order valence-electron chi connectivity index (χ1n) is 13.0. The quantitative estimate of drug-likeness (QED) is 0.483. The number of nitrogens with zero attached hydrogens (tertiary/aromatic N) is 2. The van der Waals surface area contributed by atoms with E-state index in [0.29, 0.717) is 31.1 Å². The summed E-state index contributed by atoms with van der Waals surface area (Å²) in [4.78, 5) is 28.3. The van der Waals surface area contributed by atoms with Crippen LogP contribution >= 0.6 is 0 Å². The molecule has 2 aliphatic heterocycles. The molecule has 0 aliphatic carbocycles. The van der Waals surface area contributed by atoms with Crippen LogP contribution in [0.5, 0.6) is 11.5 Å². The smallest absolute Gasteiger partial charge is 0.263 e. The topological polar surface area (TPSA) is 105 Å². The Balaban J connectivity index is 1.42. The molecule has 10 heteroatoms. The molecule has 3 aromatic rings. The second-order valence-corrected chi connectivity index (χ2v) is 11.4. The lowest BCUT2D eigenvalue weighted by Crippen LogP contribution is -2.50. The Hall–Kier alpha value is -3.89. The third kappa shape index (κ3) is 5.62. The first kappa shape index (κ1) is 26.7. The molecule has 0 saturated carbocycles. The lowest BCUT2D eigenvalue weighted by atomic mass is 10.1. The number of rotatable bonds is 7. The van der Waals surface area contributed by atoms with E-state index in [0.717, 1.165) is 24.8 Å². The average molecular weight is 550 g/mol. The number of hydrogen-bond donors (Lipinski definition) is 1. The zero-order valence-corrected chi connectivity index (χ0v) is 22.5. The Labute approximate surface area is 228 Å². The number of benzene rings is 3. The Morgan fingerprint density at radius 1 is 0.974 bits per heavy atom. The van der Waals surface area contributed by atoms with Crippen LogP contribution in [0.1, 0.15) is 35.2 Å². The van der Waals surface area contributed by atoms with Gasteiger partial charge in [-0.2, -0.15) is 4.31 Å². The van der Waals surface area contributed by atoms with E-state index in [-0.39, 0.29) is 28.7 Å². The maximum absolute atomic E-state index is 13.9. The first-order valence-corrected chi connectivity index (χ1v) is 14.4. The average Bonchev–Trinajstić information content (AvgIpc) is 2.99. The molecular formula is C29H31N3O6S. The predicted octanol–water partition coefficient (Wildman–Crippen LogP) is 3.59. The van der Waals surface area contributed by atoms with Crippen molar-refractivity contribution in [3.05, 3.63) is 83.9 Å². The number of sulfonamides is 1. The largest absolute Gasteiger partial charge is 0.495 e. The number of methoxy groups -OCH3 is 1. The number of nitrogens with one attached hydrogen (secondary N) is 1. The zero-order chi connectivity index (χ0) is 27.4. The lowest BCUT2D eigenvalue weighted by molar-refractivity contribution is -0.128. The van der Waals surface area contributed by atoms with Crippen LogP contribution in [0, 0.1) is 0 Å². The number of carbonyl (C=O) groups is 2. The normalized spacial score (nSPS) is 17.6. The van der Waals surface area contributed by atoms with E-state index >= 15 is 0 Å². The number of para-hydroxylation sites is 2. The fourth-order valence-electron chi connectivity index (χ4n) is 4.87. The molecule has 1 fully saturated rings. The van der Waals surface area contributed by atoms with Crippen molar-refractivity contribution >= 4 is 27.5 Å². The molecule has 0 aromatic heterocycles. The monoisotopic (exact) mass is 549 g/mol. The van der Waals surface area contributed by atoms with E-state index in [1.54, 1.807) is 30.3 Å². The fraction of sp³-hybridized carbons (Fsp3) is 0.310. The van der Waals surface area contributed by atoms with E-state index in [2.05, 4.69) is 5.32 Å². The molecule has 204 valence electrons. The molecule has 9 nitrogen and oxygen atoms in total. The number of amides is 2. The second-order valence-electron chi connectivity index (χ2n) is 9.52. The molecule has 0 spiro atoms. The van der Waals surface area contributed by atoms with E-state index < -0.39 is 22.0 Å². The van der Waals surface area contributed by atoms with Gasteiger partial charge in [0.25, 0.3) is 11.8 Å². The van der Waals surface area contributed by atoms with Gasteiger partial charge in [-0.1, -0.05) is 48.9 Å². The molecule has 1 N–H and O–H groups in total. The summed E-state index contributed by atoms with van der Waals surface area (Å²) in [6.07, 6.45) is 1.62. The van der Waals surface area contributed by atoms with Crippen molar-refractivity contribution in [2.45, 2.75) is 36.8 Å². The Morgan fingerprint density at radius 2 is 1.69 bits per heavy atom. The summed E-state index contributed by atoms with van der Waals surface area (Å²) in [5.74, 6) is -0.220. The highest BCUT2D eigenvalue weighted by molar-refractivity contribution is 7.89. The molecule has 3 aromatic carbocycles. The molecule has 0 unspecified atom stereocenters. The number of hydrogen-bond acceptors (Lipinski definition) is 6. The standard InChI is InChI=1S/C29H31N3O6S/c1-37-25-15-14-22(18-27(25)39(35,36)31-16-8-3-9-17-31)29(34)32-20-26(38-24-13-7-6-12-23(24)32)28(33)30-19-21-10-4-2-5-11-21/h2,4-7,10-15,18,26H,3,8-9,16-17,19-20H2,1H3,(H,30,33)/t26-/m0/s1. The van der Waals surface area contributed by atoms with E-state index in [1.165, 1.54) is 28.4 Å². The minimum atomic E-state index is -3.86. The highest BCUT2D eigenvalue weighted by atomic mass is 32.2. The number of ether oxygens (including phenoxy) is 2. The molecule has 5 rings (SSSR count). The van der Waals surface area contributed by atoms with E-state index in [9.17, 15) is 18.0 Å². The predicted molar refractivity (Wildman–Crippen MR) is 146 cm³/mol. The van der Waals surface area contributed by atoms with Crippen LogP contribution < -0.4 is 19.7 Å². The first-order chi connectivity index (χ1) is 18.9. The maximum atomic E-state index is 13.9. The van der Waals surface area contributed by atoms with Crippen LogP contribution in [0.4, 0.5) is 5.69 Å². The van der Waals surface area contributed by atoms with Gasteiger partial charge in [-0.15, -0.1) is 0 Å². The molecule has 1 saturated heterocycles. The van der Waals surface area contributed by atoms with Crippen molar-refractivity contribution < 1.29 is 27.5 Å². The van der Waals surface area contributed by atoms with Crippen molar-refractivity contribution in [3.8, 4) is 11.5 Å². The summed E-state index contributed by atoms with van der Waals surface area (Å²) >= 11 is 0. The Bertz CT molecular complexity index is 1450. The zero-order valence-electron chi connectivity index (χ0n) is 21.7. The van der Waals surface area contributed by atoms with Gasteiger partial charge in [0.15, 0.2) is 6.10 Å². The van der Waals surface area contributed by atoms with Gasteiger partial charge >= 0.3 is 0 Å². The molecule has 0 bridgehead atoms. The molecule has 2 aliphatic rings. The van der Waals surface area contributed by atoms with Crippen LogP contribution in [0.25, 0.3) is 0 Å². The van der Waals surface area contributed by atoms with Gasteiger partial charge in [0.2, 0.25) is 10.0 Å². The summed E-state index contributed by atoms with van der Waals surface area (Å²) in [6, 6.07) is 20.9. The van der Waals surface area contributed by atoms with Gasteiger partial charge < -0.3 is 19.7 Å². The summed E-state index contributed by atoms with van der Waals surface area (Å²) in [6.45, 7) is 1.16. The summed E-state index contributed by atoms with van der Waals surface area (Å²) in [7, 11) is -2.46. The molecule has 39 heavy (non-hydrogen) atoms. The van der Waals surface area contributed by atoms with Crippen molar-refractivity contribution in [2.75, 3.05) is 31.6 Å². The van der Waals surface area contributed by atoms with Crippen LogP contribution in [0.3, 0.4) is 0 Å². The molecule has 0 radical (unpaired) electrons. The third-order valence-corrected chi connectivity index (χ3v) is 8.88. The van der Waals surface area contributed by atoms with Crippen molar-refractivity contribution in [3.63, 3.8) is 0 Å². The maximum Gasteiger partial charge on any atom is 0.263 e. The van der Waals surface area contributed by atoms with Crippen LogP contribution in [0.2, 0.25) is 0 Å². The molecule has 1 atom stereocenters. The fourth-order valence-corrected chi connectivity index (χ4v) is 6.57. The van der Waals surface area contributed by atoms with Gasteiger partial charge in [0, 0.05) is 25.2 Å². The highest BCUT2D eigenvalue weighted by Gasteiger charge is 2.35. The van der Waals surface area contributed by atoms with Gasteiger partial charge in [-0.25, -0.2) is 8.42 Å². The van der Waals surface area contributed by atoms with Gasteiger partial charge in [-0.3, -0.25) is 9.59 Å². The molecule has 2 heterocycles. The number of fused-ring (bicyclic) bond motifs is 1. The minimum absolute atomic E-state index is 0.0310. The van der Waals surface area contributed by atoms with Crippen LogP contribution in [-0.2, 0) is 21.4 Å². The number of anilines is 1. The van der Waals surface area contributed by atoms with Crippen molar-refractivity contribution in [2.24, 2.45) is 0 Å². The summed E-state index contributed by atoms with van der Waals surface area (Å²) in [5.41, 5.74) is 1.62. The van der Waals surface area contributed by atoms with Crippen LogP contribution in [0.15, 0.2) is 77.7 Å². The van der Waals surface area contributed by atoms with E-state index in [1.807, 2.05) is 30.3 Å².